The van der Waals surface area contributed by atoms with Crippen LogP contribution in [0.1, 0.15) is 71.8 Å². The molecule has 1 aromatic carbocycles. The minimum atomic E-state index is -0.842. The number of fused-ring (bicyclic) bond motifs is 1. The molecule has 0 saturated carbocycles. The molecular formula is C28H28N4O5S. The zero-order chi connectivity index (χ0) is 27.4. The Balaban J connectivity index is 1.80. The van der Waals surface area contributed by atoms with Crippen LogP contribution in [-0.4, -0.2) is 23.8 Å². The van der Waals surface area contributed by atoms with Crippen molar-refractivity contribution in [3.63, 3.8) is 0 Å². The molecule has 1 aliphatic heterocycles. The molecule has 5 rings (SSSR count). The second-order valence-electron chi connectivity index (χ2n) is 10.7. The topological polar surface area (TPSA) is 140 Å². The summed E-state index contributed by atoms with van der Waals surface area (Å²) in [5, 5.41) is 22.4. The molecule has 0 unspecified atom stereocenters. The Morgan fingerprint density at radius 1 is 1.29 bits per heavy atom. The first kappa shape index (κ1) is 25.7. The number of nitrogens with two attached hydrogens (primary N) is 1. The lowest BCUT2D eigenvalue weighted by Crippen LogP contribution is -2.42. The number of nitrogens with zero attached hydrogens (tertiary/aromatic N) is 3. The second-order valence-corrected chi connectivity index (χ2v) is 11.8. The van der Waals surface area contributed by atoms with Crippen LogP contribution >= 0.6 is 11.3 Å². The van der Waals surface area contributed by atoms with Crippen molar-refractivity contribution in [1.29, 1.82) is 5.26 Å². The van der Waals surface area contributed by atoms with Gasteiger partial charge in [0.1, 0.15) is 10.8 Å². The van der Waals surface area contributed by atoms with E-state index in [0.717, 1.165) is 36.1 Å². The largest absolute Gasteiger partial charge is 0.465 e. The van der Waals surface area contributed by atoms with E-state index < -0.39 is 22.2 Å². The highest BCUT2D eigenvalue weighted by molar-refractivity contribution is 7.16. The third-order valence-corrected chi connectivity index (χ3v) is 8.82. The molecule has 2 N–H and O–H groups in total. The maximum atomic E-state index is 13.8. The van der Waals surface area contributed by atoms with Gasteiger partial charge in [-0.1, -0.05) is 26.0 Å². The Labute approximate surface area is 224 Å². The van der Waals surface area contributed by atoms with Gasteiger partial charge in [-0.2, -0.15) is 5.26 Å². The molecule has 0 spiro atoms. The maximum Gasteiger partial charge on any atom is 0.341 e. The third kappa shape index (κ3) is 4.07. The summed E-state index contributed by atoms with van der Waals surface area (Å²) in [5.74, 6) is -1.34. The average molecular weight is 533 g/mol. The zero-order valence-electron chi connectivity index (χ0n) is 21.5. The van der Waals surface area contributed by atoms with Crippen LogP contribution in [0.5, 0.6) is 0 Å². The smallest absolute Gasteiger partial charge is 0.341 e. The molecule has 0 saturated heterocycles. The number of esters is 1. The SMILES string of the molecule is COC(=O)c1c(N2C(N)=C(C#N)[C@H](c3cccc([N+](=O)[O-])c3)C3=C2CC(C)(C)CC3=O)sc2c1CCCC2. The number of ether oxygens (including phenoxy) is 1. The minimum Gasteiger partial charge on any atom is -0.465 e. The van der Waals surface area contributed by atoms with Crippen LogP contribution in [0.15, 0.2) is 46.9 Å². The Morgan fingerprint density at radius 3 is 2.71 bits per heavy atom. The van der Waals surface area contributed by atoms with E-state index in [9.17, 15) is 25.0 Å². The molecule has 38 heavy (non-hydrogen) atoms. The summed E-state index contributed by atoms with van der Waals surface area (Å²) >= 11 is 1.46. The number of methoxy groups -OCH3 is 1. The van der Waals surface area contributed by atoms with E-state index in [1.807, 2.05) is 13.8 Å². The van der Waals surface area contributed by atoms with Crippen LogP contribution in [0, 0.1) is 26.9 Å². The molecule has 2 aromatic rings. The van der Waals surface area contributed by atoms with Crippen molar-refractivity contribution in [2.24, 2.45) is 11.1 Å². The summed E-state index contributed by atoms with van der Waals surface area (Å²) < 4.78 is 5.18. The Kier molecular flexibility index (Phi) is 6.35. The van der Waals surface area contributed by atoms with Crippen molar-refractivity contribution < 1.29 is 19.2 Å². The first-order valence-corrected chi connectivity index (χ1v) is 13.3. The van der Waals surface area contributed by atoms with Crippen LogP contribution in [0.4, 0.5) is 10.7 Å². The molecule has 0 radical (unpaired) electrons. The monoisotopic (exact) mass is 532 g/mol. The number of Topliss-reactive ketones (excluding diaryl/α,β-unsaturated/α-hetero) is 1. The number of allylic oxidation sites excluding steroid dienone is 3. The number of anilines is 1. The highest BCUT2D eigenvalue weighted by Crippen LogP contribution is 2.53. The van der Waals surface area contributed by atoms with Gasteiger partial charge in [-0.15, -0.1) is 11.3 Å². The van der Waals surface area contributed by atoms with Crippen molar-refractivity contribution in [2.75, 3.05) is 12.0 Å². The van der Waals surface area contributed by atoms with E-state index >= 15 is 0 Å². The van der Waals surface area contributed by atoms with E-state index in [4.69, 9.17) is 10.5 Å². The van der Waals surface area contributed by atoms with E-state index in [1.165, 1.54) is 30.6 Å². The van der Waals surface area contributed by atoms with Gasteiger partial charge in [0.2, 0.25) is 0 Å². The number of aryl methyl sites for hydroxylation is 1. The lowest BCUT2D eigenvalue weighted by Gasteiger charge is -2.43. The molecule has 2 aliphatic carbocycles. The van der Waals surface area contributed by atoms with Gasteiger partial charge in [-0.25, -0.2) is 4.79 Å². The molecule has 10 heteroatoms. The van der Waals surface area contributed by atoms with Gasteiger partial charge in [-0.3, -0.25) is 19.8 Å². The number of nitriles is 1. The molecule has 0 amide bonds. The predicted octanol–water partition coefficient (Wildman–Crippen LogP) is 5.26. The minimum absolute atomic E-state index is 0.122. The normalized spacial score (nSPS) is 20.5. The van der Waals surface area contributed by atoms with Crippen LogP contribution in [-0.2, 0) is 22.4 Å². The van der Waals surface area contributed by atoms with Crippen LogP contribution < -0.4 is 10.6 Å². The standard InChI is InChI=1S/C28H28N4O5S/c1-28(2)12-19-24(20(33)13-28)22(15-7-6-8-16(11-15)32(35)36)18(14-29)25(30)31(19)26-23(27(34)37-3)17-9-4-5-10-21(17)38-26/h6-8,11,22H,4-5,9-10,12-13,30H2,1-3H3/t22-/m0/s1. The fourth-order valence-corrected chi connectivity index (χ4v) is 7.33. The summed E-state index contributed by atoms with van der Waals surface area (Å²) in [4.78, 5) is 40.7. The van der Waals surface area contributed by atoms with Gasteiger partial charge < -0.3 is 10.5 Å². The number of hydrogen-bond donors (Lipinski definition) is 1. The molecule has 2 heterocycles. The second kappa shape index (κ2) is 9.40. The van der Waals surface area contributed by atoms with Crippen molar-refractivity contribution in [2.45, 2.75) is 58.3 Å². The van der Waals surface area contributed by atoms with Gasteiger partial charge in [0, 0.05) is 34.7 Å². The summed E-state index contributed by atoms with van der Waals surface area (Å²) in [6.07, 6.45) is 4.27. The van der Waals surface area contributed by atoms with Crippen molar-refractivity contribution in [1.82, 2.24) is 0 Å². The first-order chi connectivity index (χ1) is 18.1. The zero-order valence-corrected chi connectivity index (χ0v) is 22.3. The number of nitro benzene ring substituents is 1. The lowest BCUT2D eigenvalue weighted by molar-refractivity contribution is -0.384. The fraction of sp³-hybridized carbons (Fsp3) is 0.393. The maximum absolute atomic E-state index is 13.8. The Morgan fingerprint density at radius 2 is 2.03 bits per heavy atom. The van der Waals surface area contributed by atoms with Crippen LogP contribution in [0.2, 0.25) is 0 Å². The summed E-state index contributed by atoms with van der Waals surface area (Å²) in [6, 6.07) is 8.19. The summed E-state index contributed by atoms with van der Waals surface area (Å²) in [6.45, 7) is 3.99. The summed E-state index contributed by atoms with van der Waals surface area (Å²) in [5.41, 5.74) is 9.22. The number of benzene rings is 1. The number of carbonyl (C=O) groups excluding carboxylic acids is 2. The molecule has 196 valence electrons. The average Bonchev–Trinajstić information content (AvgIpc) is 3.25. The van der Waals surface area contributed by atoms with Gasteiger partial charge in [0.25, 0.3) is 5.69 Å². The Hall–Kier alpha value is -3.97. The van der Waals surface area contributed by atoms with E-state index in [1.54, 1.807) is 17.0 Å². The van der Waals surface area contributed by atoms with Crippen molar-refractivity contribution in [3.8, 4) is 6.07 Å². The molecule has 1 aromatic heterocycles. The molecule has 0 bridgehead atoms. The number of carbonyl (C=O) groups is 2. The van der Waals surface area contributed by atoms with Gasteiger partial charge in [-0.05, 0) is 48.6 Å². The van der Waals surface area contributed by atoms with Gasteiger partial charge in [0.05, 0.1) is 35.2 Å². The third-order valence-electron chi connectivity index (χ3n) is 7.54. The number of thiophene rings is 1. The first-order valence-electron chi connectivity index (χ1n) is 12.5. The van der Waals surface area contributed by atoms with Gasteiger partial charge >= 0.3 is 5.97 Å². The molecule has 9 nitrogen and oxygen atoms in total. The number of hydrogen-bond acceptors (Lipinski definition) is 9. The van der Waals surface area contributed by atoms with E-state index in [-0.39, 0.29) is 29.3 Å². The number of non-ortho nitro benzene ring substituents is 1. The number of rotatable bonds is 4. The Bertz CT molecular complexity index is 1490. The molecule has 1 atom stereocenters. The summed E-state index contributed by atoms with van der Waals surface area (Å²) in [7, 11) is 1.34. The molecule has 0 fully saturated rings. The van der Waals surface area contributed by atoms with E-state index in [0.29, 0.717) is 33.8 Å². The van der Waals surface area contributed by atoms with Crippen LogP contribution in [0.3, 0.4) is 0 Å². The van der Waals surface area contributed by atoms with Crippen molar-refractivity contribution in [3.05, 3.63) is 78.6 Å². The highest BCUT2D eigenvalue weighted by Gasteiger charge is 2.46. The van der Waals surface area contributed by atoms with Crippen molar-refractivity contribution >= 4 is 33.8 Å². The van der Waals surface area contributed by atoms with Gasteiger partial charge in [0.15, 0.2) is 5.78 Å². The molecular weight excluding hydrogens is 504 g/mol. The fourth-order valence-electron chi connectivity index (χ4n) is 5.91. The lowest BCUT2D eigenvalue weighted by atomic mass is 9.68. The highest BCUT2D eigenvalue weighted by atomic mass is 32.1. The molecule has 3 aliphatic rings. The number of nitro groups is 1. The number of ketones is 1. The van der Waals surface area contributed by atoms with E-state index in [2.05, 4.69) is 6.07 Å². The quantitative estimate of drug-likeness (QED) is 0.319. The van der Waals surface area contributed by atoms with Crippen LogP contribution in [0.25, 0.3) is 0 Å². The predicted molar refractivity (Wildman–Crippen MR) is 142 cm³/mol.